The van der Waals surface area contributed by atoms with Crippen molar-refractivity contribution in [3.05, 3.63) is 29.8 Å². The highest BCUT2D eigenvalue weighted by Gasteiger charge is 2.11. The smallest absolute Gasteiger partial charge is 0.230 e. The van der Waals surface area contributed by atoms with Crippen molar-refractivity contribution in [3.8, 4) is 0 Å². The number of thioether (sulfide) groups is 1. The SMILES string of the molecule is CCCCC(CN)NC(=O)CSc1ccc(F)c(F)c1. The molecule has 0 aliphatic heterocycles. The summed E-state index contributed by atoms with van der Waals surface area (Å²) in [5.41, 5.74) is 5.59. The van der Waals surface area contributed by atoms with Gasteiger partial charge in [-0.1, -0.05) is 19.8 Å². The van der Waals surface area contributed by atoms with Crippen molar-refractivity contribution in [2.24, 2.45) is 5.73 Å². The average molecular weight is 302 g/mol. The molecule has 0 spiro atoms. The molecule has 6 heteroatoms. The second-order valence-electron chi connectivity index (χ2n) is 4.51. The van der Waals surface area contributed by atoms with Crippen molar-refractivity contribution >= 4 is 17.7 Å². The molecule has 0 bridgehead atoms. The topological polar surface area (TPSA) is 55.1 Å². The Kier molecular flexibility index (Phi) is 7.54. The first-order valence-corrected chi connectivity index (χ1v) is 7.62. The second kappa shape index (κ2) is 8.92. The van der Waals surface area contributed by atoms with Gasteiger partial charge in [0.1, 0.15) is 0 Å². The van der Waals surface area contributed by atoms with Gasteiger partial charge in [0, 0.05) is 17.5 Å². The van der Waals surface area contributed by atoms with E-state index in [4.69, 9.17) is 5.73 Å². The van der Waals surface area contributed by atoms with Crippen LogP contribution in [0.1, 0.15) is 26.2 Å². The number of carbonyl (C=O) groups is 1. The minimum Gasteiger partial charge on any atom is -0.351 e. The Labute approximate surface area is 122 Å². The molecule has 0 saturated heterocycles. The van der Waals surface area contributed by atoms with Gasteiger partial charge in [0.05, 0.1) is 5.75 Å². The van der Waals surface area contributed by atoms with Gasteiger partial charge < -0.3 is 11.1 Å². The standard InChI is InChI=1S/C14H20F2N2OS/c1-2-3-4-10(8-17)18-14(19)9-20-11-5-6-12(15)13(16)7-11/h5-7,10H,2-4,8-9,17H2,1H3,(H,18,19). The van der Waals surface area contributed by atoms with Crippen LogP contribution in [0.25, 0.3) is 0 Å². The van der Waals surface area contributed by atoms with Crippen molar-refractivity contribution in [2.75, 3.05) is 12.3 Å². The van der Waals surface area contributed by atoms with E-state index >= 15 is 0 Å². The van der Waals surface area contributed by atoms with Crippen molar-refractivity contribution in [1.29, 1.82) is 0 Å². The predicted octanol–water partition coefficient (Wildman–Crippen LogP) is 2.69. The average Bonchev–Trinajstić information content (AvgIpc) is 2.44. The number of unbranched alkanes of at least 4 members (excludes halogenated alkanes) is 1. The molecule has 0 fully saturated rings. The van der Waals surface area contributed by atoms with Crippen LogP contribution >= 0.6 is 11.8 Å². The molecule has 0 heterocycles. The summed E-state index contributed by atoms with van der Waals surface area (Å²) in [6.07, 6.45) is 2.92. The Morgan fingerprint density at radius 2 is 2.15 bits per heavy atom. The van der Waals surface area contributed by atoms with Crippen molar-refractivity contribution in [1.82, 2.24) is 5.32 Å². The van der Waals surface area contributed by atoms with Gasteiger partial charge in [-0.2, -0.15) is 0 Å². The van der Waals surface area contributed by atoms with E-state index in [0.717, 1.165) is 31.4 Å². The zero-order chi connectivity index (χ0) is 15.0. The molecule has 0 radical (unpaired) electrons. The van der Waals surface area contributed by atoms with Gasteiger partial charge >= 0.3 is 0 Å². The summed E-state index contributed by atoms with van der Waals surface area (Å²) in [6, 6.07) is 3.58. The number of amides is 1. The summed E-state index contributed by atoms with van der Waals surface area (Å²) in [5.74, 6) is -1.78. The van der Waals surface area contributed by atoms with E-state index in [9.17, 15) is 13.6 Å². The van der Waals surface area contributed by atoms with Crippen LogP contribution in [0.3, 0.4) is 0 Å². The highest BCUT2D eigenvalue weighted by Crippen LogP contribution is 2.20. The molecule has 3 N–H and O–H groups in total. The molecule has 0 aromatic heterocycles. The molecule has 20 heavy (non-hydrogen) atoms. The van der Waals surface area contributed by atoms with E-state index in [1.165, 1.54) is 17.8 Å². The lowest BCUT2D eigenvalue weighted by molar-refractivity contribution is -0.119. The molecule has 3 nitrogen and oxygen atoms in total. The summed E-state index contributed by atoms with van der Waals surface area (Å²) in [4.78, 5) is 12.3. The number of hydrogen-bond donors (Lipinski definition) is 2. The summed E-state index contributed by atoms with van der Waals surface area (Å²) in [5, 5.41) is 2.85. The molecular formula is C14H20F2N2OS. The maximum Gasteiger partial charge on any atom is 0.230 e. The van der Waals surface area contributed by atoms with Gasteiger partial charge in [-0.25, -0.2) is 8.78 Å². The number of benzene rings is 1. The summed E-state index contributed by atoms with van der Waals surface area (Å²) in [7, 11) is 0. The lowest BCUT2D eigenvalue weighted by Gasteiger charge is -2.16. The maximum absolute atomic E-state index is 13.0. The summed E-state index contributed by atoms with van der Waals surface area (Å²) >= 11 is 1.17. The molecule has 1 amide bonds. The highest BCUT2D eigenvalue weighted by molar-refractivity contribution is 8.00. The molecule has 1 atom stereocenters. The molecular weight excluding hydrogens is 282 g/mol. The molecule has 0 aliphatic carbocycles. The second-order valence-corrected chi connectivity index (χ2v) is 5.56. The van der Waals surface area contributed by atoms with Crippen LogP contribution < -0.4 is 11.1 Å². The fourth-order valence-corrected chi connectivity index (χ4v) is 2.42. The number of halogens is 2. The van der Waals surface area contributed by atoms with E-state index in [-0.39, 0.29) is 17.7 Å². The van der Waals surface area contributed by atoms with Crippen molar-refractivity contribution in [2.45, 2.75) is 37.1 Å². The van der Waals surface area contributed by atoms with Gasteiger partial charge in [0.2, 0.25) is 5.91 Å². The molecule has 0 saturated carbocycles. The van der Waals surface area contributed by atoms with Crippen LogP contribution in [-0.4, -0.2) is 24.2 Å². The van der Waals surface area contributed by atoms with Crippen LogP contribution in [0.15, 0.2) is 23.1 Å². The van der Waals surface area contributed by atoms with Crippen LogP contribution in [0.5, 0.6) is 0 Å². The van der Waals surface area contributed by atoms with Gasteiger partial charge in [0.15, 0.2) is 11.6 Å². The zero-order valence-electron chi connectivity index (χ0n) is 11.5. The third kappa shape index (κ3) is 5.88. The Morgan fingerprint density at radius 1 is 1.40 bits per heavy atom. The fourth-order valence-electron chi connectivity index (χ4n) is 1.68. The molecule has 112 valence electrons. The summed E-state index contributed by atoms with van der Waals surface area (Å²) < 4.78 is 25.8. The van der Waals surface area contributed by atoms with Gasteiger partial charge in [-0.05, 0) is 24.6 Å². The van der Waals surface area contributed by atoms with Crippen LogP contribution in [0, 0.1) is 11.6 Å². The van der Waals surface area contributed by atoms with Crippen molar-refractivity contribution in [3.63, 3.8) is 0 Å². The number of hydrogen-bond acceptors (Lipinski definition) is 3. The number of rotatable bonds is 8. The van der Waals surface area contributed by atoms with E-state index in [2.05, 4.69) is 12.2 Å². The number of carbonyl (C=O) groups excluding carboxylic acids is 1. The van der Waals surface area contributed by atoms with E-state index in [1.54, 1.807) is 0 Å². The van der Waals surface area contributed by atoms with E-state index in [1.807, 2.05) is 0 Å². The van der Waals surface area contributed by atoms with E-state index < -0.39 is 11.6 Å². The molecule has 1 aromatic rings. The lowest BCUT2D eigenvalue weighted by atomic mass is 10.1. The minimum atomic E-state index is -0.904. The molecule has 1 unspecified atom stereocenters. The first kappa shape index (κ1) is 16.9. The van der Waals surface area contributed by atoms with E-state index in [0.29, 0.717) is 11.4 Å². The Morgan fingerprint density at radius 3 is 2.75 bits per heavy atom. The zero-order valence-corrected chi connectivity index (χ0v) is 12.3. The first-order chi connectivity index (χ1) is 9.56. The minimum absolute atomic E-state index is 0.0204. The van der Waals surface area contributed by atoms with Crippen LogP contribution in [0.4, 0.5) is 8.78 Å². The monoisotopic (exact) mass is 302 g/mol. The number of nitrogens with one attached hydrogen (secondary N) is 1. The number of nitrogens with two attached hydrogens (primary N) is 1. The summed E-state index contributed by atoms with van der Waals surface area (Å²) in [6.45, 7) is 2.48. The van der Waals surface area contributed by atoms with Gasteiger partial charge in [-0.15, -0.1) is 11.8 Å². The quantitative estimate of drug-likeness (QED) is 0.726. The Balaban J connectivity index is 2.40. The maximum atomic E-state index is 13.0. The lowest BCUT2D eigenvalue weighted by Crippen LogP contribution is -2.41. The highest BCUT2D eigenvalue weighted by atomic mass is 32.2. The van der Waals surface area contributed by atoms with Crippen LogP contribution in [0.2, 0.25) is 0 Å². The van der Waals surface area contributed by atoms with Gasteiger partial charge in [-0.3, -0.25) is 4.79 Å². The van der Waals surface area contributed by atoms with Crippen LogP contribution in [-0.2, 0) is 4.79 Å². The Bertz CT molecular complexity index is 443. The fraction of sp³-hybridized carbons (Fsp3) is 0.500. The third-order valence-electron chi connectivity index (χ3n) is 2.82. The first-order valence-electron chi connectivity index (χ1n) is 6.64. The van der Waals surface area contributed by atoms with Crippen molar-refractivity contribution < 1.29 is 13.6 Å². The normalized spacial score (nSPS) is 12.2. The molecule has 1 rings (SSSR count). The third-order valence-corrected chi connectivity index (χ3v) is 3.81. The molecule has 0 aliphatic rings. The Hall–Kier alpha value is -1.14. The largest absolute Gasteiger partial charge is 0.351 e. The van der Waals surface area contributed by atoms with Gasteiger partial charge in [0.25, 0.3) is 0 Å². The predicted molar refractivity (Wildman–Crippen MR) is 77.6 cm³/mol. The molecule has 1 aromatic carbocycles.